The van der Waals surface area contributed by atoms with Crippen molar-refractivity contribution in [1.82, 2.24) is 19.9 Å². The third-order valence-corrected chi connectivity index (χ3v) is 4.26. The number of piperidine rings is 1. The van der Waals surface area contributed by atoms with Crippen molar-refractivity contribution < 1.29 is 0 Å². The summed E-state index contributed by atoms with van der Waals surface area (Å²) in [6, 6.07) is 0.626. The SMILES string of the molecule is CN(C)c1nc(NN)nc(N2CCN3CCCCC3C2)n1. The number of aromatic nitrogens is 3. The van der Waals surface area contributed by atoms with E-state index in [1.807, 2.05) is 19.0 Å². The highest BCUT2D eigenvalue weighted by Gasteiger charge is 2.30. The number of hydrogen-bond donors (Lipinski definition) is 2. The lowest BCUT2D eigenvalue weighted by atomic mass is 10.00. The number of piperazine rings is 1. The number of nitrogen functional groups attached to an aromatic ring is 1. The van der Waals surface area contributed by atoms with Gasteiger partial charge in [-0.25, -0.2) is 5.84 Å². The molecule has 1 aromatic heterocycles. The molecular formula is C13H24N8. The molecule has 1 atom stereocenters. The van der Waals surface area contributed by atoms with E-state index in [1.54, 1.807) is 0 Å². The lowest BCUT2D eigenvalue weighted by molar-refractivity contribution is 0.133. The van der Waals surface area contributed by atoms with Crippen LogP contribution in [-0.2, 0) is 0 Å². The molecule has 3 rings (SSSR count). The molecule has 8 heteroatoms. The van der Waals surface area contributed by atoms with Crippen molar-refractivity contribution in [2.24, 2.45) is 5.84 Å². The molecule has 0 radical (unpaired) electrons. The van der Waals surface area contributed by atoms with Crippen molar-refractivity contribution in [3.8, 4) is 0 Å². The van der Waals surface area contributed by atoms with E-state index in [1.165, 1.54) is 25.8 Å². The summed E-state index contributed by atoms with van der Waals surface area (Å²) in [6.07, 6.45) is 3.92. The minimum Gasteiger partial charge on any atom is -0.347 e. The summed E-state index contributed by atoms with van der Waals surface area (Å²) in [5.74, 6) is 7.23. The Kier molecular flexibility index (Phi) is 4.07. The van der Waals surface area contributed by atoms with Crippen LogP contribution in [0, 0.1) is 0 Å². The number of hydrogen-bond acceptors (Lipinski definition) is 8. The van der Waals surface area contributed by atoms with Crippen LogP contribution in [0.1, 0.15) is 19.3 Å². The third kappa shape index (κ3) is 3.01. The van der Waals surface area contributed by atoms with Gasteiger partial charge in [0, 0.05) is 39.8 Å². The lowest BCUT2D eigenvalue weighted by Crippen LogP contribution is -2.55. The molecule has 0 bridgehead atoms. The van der Waals surface area contributed by atoms with E-state index in [-0.39, 0.29) is 0 Å². The first-order chi connectivity index (χ1) is 10.2. The summed E-state index contributed by atoms with van der Waals surface area (Å²) in [5, 5.41) is 0. The smallest absolute Gasteiger partial charge is 0.243 e. The highest BCUT2D eigenvalue weighted by molar-refractivity contribution is 5.44. The van der Waals surface area contributed by atoms with Gasteiger partial charge >= 0.3 is 0 Å². The molecular weight excluding hydrogens is 268 g/mol. The standard InChI is InChI=1S/C13H24N8/c1-19(2)12-15-11(18-14)16-13(17-12)21-8-7-20-6-4-3-5-10(20)9-21/h10H,3-9,14H2,1-2H3,(H,15,16,17,18). The third-order valence-electron chi connectivity index (χ3n) is 4.26. The molecule has 0 spiro atoms. The quantitative estimate of drug-likeness (QED) is 0.590. The molecule has 0 saturated carbocycles. The second-order valence-electron chi connectivity index (χ2n) is 5.93. The average Bonchev–Trinajstić information content (AvgIpc) is 2.53. The minimum absolute atomic E-state index is 0.412. The fraction of sp³-hybridized carbons (Fsp3) is 0.769. The topological polar surface area (TPSA) is 86.4 Å². The van der Waals surface area contributed by atoms with Crippen LogP contribution in [0.25, 0.3) is 0 Å². The molecule has 3 N–H and O–H groups in total. The van der Waals surface area contributed by atoms with Crippen LogP contribution in [0.4, 0.5) is 17.8 Å². The molecule has 8 nitrogen and oxygen atoms in total. The average molecular weight is 292 g/mol. The van der Waals surface area contributed by atoms with Gasteiger partial charge in [-0.05, 0) is 19.4 Å². The Morgan fingerprint density at radius 2 is 2.00 bits per heavy atom. The van der Waals surface area contributed by atoms with Crippen LogP contribution < -0.4 is 21.1 Å². The van der Waals surface area contributed by atoms with Gasteiger partial charge in [-0.3, -0.25) is 10.3 Å². The Hall–Kier alpha value is -1.67. The van der Waals surface area contributed by atoms with E-state index in [0.717, 1.165) is 19.6 Å². The molecule has 21 heavy (non-hydrogen) atoms. The molecule has 2 aliphatic rings. The maximum atomic E-state index is 5.48. The normalized spacial score (nSPS) is 22.8. The monoisotopic (exact) mass is 292 g/mol. The lowest BCUT2D eigenvalue weighted by Gasteiger charge is -2.44. The van der Waals surface area contributed by atoms with E-state index < -0.39 is 0 Å². The number of nitrogens with one attached hydrogen (secondary N) is 1. The zero-order valence-electron chi connectivity index (χ0n) is 12.8. The van der Waals surface area contributed by atoms with E-state index in [0.29, 0.717) is 23.9 Å². The van der Waals surface area contributed by atoms with Crippen molar-refractivity contribution >= 4 is 17.8 Å². The Labute approximate surface area is 125 Å². The minimum atomic E-state index is 0.412. The van der Waals surface area contributed by atoms with Crippen LogP contribution in [0.5, 0.6) is 0 Å². The van der Waals surface area contributed by atoms with Gasteiger partial charge < -0.3 is 9.80 Å². The zero-order chi connectivity index (χ0) is 14.8. The van der Waals surface area contributed by atoms with Gasteiger partial charge in [0.25, 0.3) is 0 Å². The summed E-state index contributed by atoms with van der Waals surface area (Å²) in [7, 11) is 3.83. The predicted molar refractivity (Wildman–Crippen MR) is 83.4 cm³/mol. The highest BCUT2D eigenvalue weighted by Crippen LogP contribution is 2.24. The van der Waals surface area contributed by atoms with Crippen LogP contribution >= 0.6 is 0 Å². The Balaban J connectivity index is 1.81. The van der Waals surface area contributed by atoms with Crippen LogP contribution in [0.3, 0.4) is 0 Å². The van der Waals surface area contributed by atoms with Crippen LogP contribution in [0.15, 0.2) is 0 Å². The second-order valence-corrected chi connectivity index (χ2v) is 5.93. The number of nitrogens with zero attached hydrogens (tertiary/aromatic N) is 6. The first kappa shape index (κ1) is 14.3. The van der Waals surface area contributed by atoms with Crippen molar-refractivity contribution in [1.29, 1.82) is 0 Å². The first-order valence-electron chi connectivity index (χ1n) is 7.56. The fourth-order valence-electron chi connectivity index (χ4n) is 3.10. The summed E-state index contributed by atoms with van der Waals surface area (Å²) in [4.78, 5) is 19.9. The molecule has 0 amide bonds. The summed E-state index contributed by atoms with van der Waals surface area (Å²) in [5.41, 5.74) is 2.53. The zero-order valence-corrected chi connectivity index (χ0v) is 12.8. The number of fused-ring (bicyclic) bond motifs is 1. The molecule has 2 fully saturated rings. The van der Waals surface area contributed by atoms with Crippen molar-refractivity contribution in [3.63, 3.8) is 0 Å². The number of hydrazine groups is 1. The first-order valence-corrected chi connectivity index (χ1v) is 7.56. The molecule has 0 aliphatic carbocycles. The Morgan fingerprint density at radius 1 is 1.14 bits per heavy atom. The van der Waals surface area contributed by atoms with Gasteiger partial charge in [0.1, 0.15) is 0 Å². The van der Waals surface area contributed by atoms with Crippen molar-refractivity contribution in [2.75, 3.05) is 55.5 Å². The molecule has 116 valence electrons. The van der Waals surface area contributed by atoms with Gasteiger partial charge in [-0.1, -0.05) is 6.42 Å². The van der Waals surface area contributed by atoms with Gasteiger partial charge in [-0.2, -0.15) is 15.0 Å². The maximum Gasteiger partial charge on any atom is 0.243 e. The van der Waals surface area contributed by atoms with E-state index in [9.17, 15) is 0 Å². The van der Waals surface area contributed by atoms with E-state index in [4.69, 9.17) is 5.84 Å². The number of nitrogens with two attached hydrogens (primary N) is 1. The summed E-state index contributed by atoms with van der Waals surface area (Å²) >= 11 is 0. The van der Waals surface area contributed by atoms with E-state index in [2.05, 4.69) is 30.2 Å². The van der Waals surface area contributed by atoms with Crippen LogP contribution in [0.2, 0.25) is 0 Å². The number of anilines is 3. The van der Waals surface area contributed by atoms with Gasteiger partial charge in [0.05, 0.1) is 0 Å². The molecule has 2 saturated heterocycles. The number of rotatable bonds is 3. The van der Waals surface area contributed by atoms with Gasteiger partial charge in [-0.15, -0.1) is 0 Å². The summed E-state index contributed by atoms with van der Waals surface area (Å²) < 4.78 is 0. The van der Waals surface area contributed by atoms with Gasteiger partial charge in [0.15, 0.2) is 0 Å². The van der Waals surface area contributed by atoms with Gasteiger partial charge in [0.2, 0.25) is 17.8 Å². The van der Waals surface area contributed by atoms with E-state index >= 15 is 0 Å². The van der Waals surface area contributed by atoms with Crippen molar-refractivity contribution in [2.45, 2.75) is 25.3 Å². The summed E-state index contributed by atoms with van der Waals surface area (Å²) in [6.45, 7) is 4.26. The largest absolute Gasteiger partial charge is 0.347 e. The molecule has 0 aromatic carbocycles. The molecule has 3 heterocycles. The Morgan fingerprint density at radius 3 is 2.76 bits per heavy atom. The molecule has 1 unspecified atom stereocenters. The van der Waals surface area contributed by atoms with Crippen molar-refractivity contribution in [3.05, 3.63) is 0 Å². The highest BCUT2D eigenvalue weighted by atomic mass is 15.4. The molecule has 1 aromatic rings. The molecule has 2 aliphatic heterocycles. The predicted octanol–water partition coefficient (Wildman–Crippen LogP) is -0.102. The fourth-order valence-corrected chi connectivity index (χ4v) is 3.10. The maximum absolute atomic E-state index is 5.48. The Bertz CT molecular complexity index is 491. The second kappa shape index (κ2) is 5.98. The van der Waals surface area contributed by atoms with Crippen LogP contribution in [-0.4, -0.2) is 66.2 Å².